The van der Waals surface area contributed by atoms with Crippen LogP contribution in [0.3, 0.4) is 0 Å². The molecule has 172 valence electrons. The Bertz CT molecular complexity index is 503. The largest absolute Gasteiger partial charge is 0.198 e. The Morgan fingerprint density at radius 1 is 0.700 bits per heavy atom. The van der Waals surface area contributed by atoms with E-state index in [1.165, 1.54) is 128 Å². The summed E-state index contributed by atoms with van der Waals surface area (Å²) >= 11 is 0. The van der Waals surface area contributed by atoms with Crippen molar-refractivity contribution in [3.05, 3.63) is 0 Å². The molecule has 3 saturated carbocycles. The molecule has 1 heteroatoms. The van der Waals surface area contributed by atoms with Crippen LogP contribution in [-0.4, -0.2) is 0 Å². The van der Waals surface area contributed by atoms with Crippen molar-refractivity contribution in [2.45, 2.75) is 142 Å². The molecule has 0 heterocycles. The first kappa shape index (κ1) is 24.1. The van der Waals surface area contributed by atoms with E-state index in [0.717, 1.165) is 23.7 Å². The second-order valence-corrected chi connectivity index (χ2v) is 11.5. The second kappa shape index (κ2) is 12.5. The van der Waals surface area contributed by atoms with Gasteiger partial charge in [0.15, 0.2) is 0 Å². The lowest BCUT2D eigenvalue weighted by molar-refractivity contribution is 0.0448. The van der Waals surface area contributed by atoms with Crippen molar-refractivity contribution in [1.82, 2.24) is 0 Å². The van der Waals surface area contributed by atoms with Crippen molar-refractivity contribution in [2.24, 2.45) is 35.0 Å². The van der Waals surface area contributed by atoms with Crippen molar-refractivity contribution in [3.8, 4) is 6.07 Å². The summed E-state index contributed by atoms with van der Waals surface area (Å²) in [6.07, 6.45) is 27.8. The molecular weight excluding hydrogens is 362 g/mol. The number of rotatable bonds is 10. The molecule has 0 N–H and O–H groups in total. The van der Waals surface area contributed by atoms with E-state index in [1.54, 1.807) is 0 Å². The van der Waals surface area contributed by atoms with Crippen LogP contribution in [0.25, 0.3) is 0 Å². The van der Waals surface area contributed by atoms with Crippen molar-refractivity contribution < 1.29 is 0 Å². The van der Waals surface area contributed by atoms with Crippen molar-refractivity contribution in [2.75, 3.05) is 0 Å². The van der Waals surface area contributed by atoms with Crippen LogP contribution in [-0.2, 0) is 0 Å². The molecule has 3 aliphatic rings. The molecule has 0 saturated heterocycles. The predicted octanol–water partition coefficient (Wildman–Crippen LogP) is 9.46. The third-order valence-electron chi connectivity index (χ3n) is 9.69. The number of nitriles is 1. The molecule has 0 aromatic carbocycles. The summed E-state index contributed by atoms with van der Waals surface area (Å²) in [6, 6.07) is 2.95. The van der Waals surface area contributed by atoms with Gasteiger partial charge in [0.2, 0.25) is 0 Å². The Morgan fingerprint density at radius 3 is 1.97 bits per heavy atom. The molecule has 0 bridgehead atoms. The van der Waals surface area contributed by atoms with Crippen LogP contribution >= 0.6 is 0 Å². The average Bonchev–Trinajstić information content (AvgIpc) is 2.80. The summed E-state index contributed by atoms with van der Waals surface area (Å²) in [4.78, 5) is 0. The minimum absolute atomic E-state index is 0.0280. The zero-order valence-corrected chi connectivity index (χ0v) is 20.5. The molecule has 0 aromatic rings. The zero-order chi connectivity index (χ0) is 21.2. The van der Waals surface area contributed by atoms with E-state index >= 15 is 0 Å². The Kier molecular flexibility index (Phi) is 10.1. The van der Waals surface area contributed by atoms with Crippen LogP contribution in [0.15, 0.2) is 0 Å². The molecule has 0 spiro atoms. The van der Waals surface area contributed by atoms with Gasteiger partial charge >= 0.3 is 0 Å². The molecule has 1 nitrogen and oxygen atoms in total. The minimum Gasteiger partial charge on any atom is -0.198 e. The van der Waals surface area contributed by atoms with E-state index in [4.69, 9.17) is 0 Å². The van der Waals surface area contributed by atoms with Crippen LogP contribution < -0.4 is 0 Å². The predicted molar refractivity (Wildman–Crippen MR) is 129 cm³/mol. The minimum atomic E-state index is 0.0280. The SMILES string of the molecule is CCCCCCC[C@@]1(C#N)CCCC[C@H]1C1CCC(C2CCC(CCC)CC2)CC1. The first-order chi connectivity index (χ1) is 14.7. The third-order valence-corrected chi connectivity index (χ3v) is 9.69. The highest BCUT2D eigenvalue weighted by Gasteiger charge is 2.45. The molecule has 0 amide bonds. The van der Waals surface area contributed by atoms with Gasteiger partial charge in [0.05, 0.1) is 11.5 Å². The Hall–Kier alpha value is -0.510. The van der Waals surface area contributed by atoms with E-state index in [9.17, 15) is 5.26 Å². The number of nitrogens with zero attached hydrogens (tertiary/aromatic N) is 1. The van der Waals surface area contributed by atoms with Crippen molar-refractivity contribution >= 4 is 0 Å². The van der Waals surface area contributed by atoms with Gasteiger partial charge in [0, 0.05) is 0 Å². The van der Waals surface area contributed by atoms with Crippen LogP contribution in [0, 0.1) is 46.3 Å². The van der Waals surface area contributed by atoms with E-state index in [-0.39, 0.29) is 5.41 Å². The molecular formula is C29H51N. The van der Waals surface area contributed by atoms with E-state index in [1.807, 2.05) is 0 Å². The molecule has 3 rings (SSSR count). The van der Waals surface area contributed by atoms with Gasteiger partial charge in [-0.05, 0) is 87.4 Å². The van der Waals surface area contributed by atoms with Crippen molar-refractivity contribution in [3.63, 3.8) is 0 Å². The molecule has 0 aromatic heterocycles. The highest BCUT2D eigenvalue weighted by atomic mass is 14.5. The molecule has 2 atom stereocenters. The highest BCUT2D eigenvalue weighted by Crippen LogP contribution is 2.53. The third kappa shape index (κ3) is 6.26. The van der Waals surface area contributed by atoms with Crippen molar-refractivity contribution in [1.29, 1.82) is 5.26 Å². The summed E-state index contributed by atoms with van der Waals surface area (Å²) in [6.45, 7) is 4.65. The lowest BCUT2D eigenvalue weighted by Crippen LogP contribution is -2.39. The quantitative estimate of drug-likeness (QED) is 0.327. The van der Waals surface area contributed by atoms with Gasteiger partial charge in [-0.2, -0.15) is 5.26 Å². The monoisotopic (exact) mass is 413 g/mol. The average molecular weight is 414 g/mol. The molecule has 30 heavy (non-hydrogen) atoms. The Labute approximate surface area is 188 Å². The van der Waals surface area contributed by atoms with Gasteiger partial charge in [-0.1, -0.05) is 84.5 Å². The summed E-state index contributed by atoms with van der Waals surface area (Å²) in [5.41, 5.74) is 0.0280. The van der Waals surface area contributed by atoms with E-state index in [0.29, 0.717) is 5.92 Å². The van der Waals surface area contributed by atoms with Crippen LogP contribution in [0.5, 0.6) is 0 Å². The summed E-state index contributed by atoms with van der Waals surface area (Å²) in [5, 5.41) is 10.3. The Morgan fingerprint density at radius 2 is 1.33 bits per heavy atom. The normalized spacial score (nSPS) is 37.6. The number of hydrogen-bond acceptors (Lipinski definition) is 1. The molecule has 0 aliphatic heterocycles. The number of hydrogen-bond donors (Lipinski definition) is 0. The fourth-order valence-corrected chi connectivity index (χ4v) is 7.88. The van der Waals surface area contributed by atoms with Crippen LogP contribution in [0.4, 0.5) is 0 Å². The maximum Gasteiger partial charge on any atom is 0.0692 e. The van der Waals surface area contributed by atoms with Gasteiger partial charge in [0.1, 0.15) is 0 Å². The van der Waals surface area contributed by atoms with Crippen LogP contribution in [0.2, 0.25) is 0 Å². The summed E-state index contributed by atoms with van der Waals surface area (Å²) in [7, 11) is 0. The zero-order valence-electron chi connectivity index (χ0n) is 20.5. The highest BCUT2D eigenvalue weighted by molar-refractivity contribution is 5.07. The number of unbranched alkanes of at least 4 members (excludes halogenated alkanes) is 4. The Balaban J connectivity index is 1.49. The lowest BCUT2D eigenvalue weighted by atomic mass is 9.57. The van der Waals surface area contributed by atoms with Gasteiger partial charge in [-0.25, -0.2) is 0 Å². The molecule has 3 fully saturated rings. The first-order valence-corrected chi connectivity index (χ1v) is 14.1. The fraction of sp³-hybridized carbons (Fsp3) is 0.966. The molecule has 0 radical (unpaired) electrons. The van der Waals surface area contributed by atoms with Gasteiger partial charge < -0.3 is 0 Å². The summed E-state index contributed by atoms with van der Waals surface area (Å²) in [5.74, 6) is 4.65. The van der Waals surface area contributed by atoms with E-state index in [2.05, 4.69) is 19.9 Å². The van der Waals surface area contributed by atoms with Crippen LogP contribution in [0.1, 0.15) is 142 Å². The second-order valence-electron chi connectivity index (χ2n) is 11.5. The topological polar surface area (TPSA) is 23.8 Å². The maximum absolute atomic E-state index is 10.3. The lowest BCUT2D eigenvalue weighted by Gasteiger charge is -2.46. The fourth-order valence-electron chi connectivity index (χ4n) is 7.88. The van der Waals surface area contributed by atoms with Gasteiger partial charge in [-0.15, -0.1) is 0 Å². The molecule has 3 aliphatic carbocycles. The first-order valence-electron chi connectivity index (χ1n) is 14.1. The van der Waals surface area contributed by atoms with Gasteiger partial charge in [-0.3, -0.25) is 0 Å². The van der Waals surface area contributed by atoms with Gasteiger partial charge in [0.25, 0.3) is 0 Å². The summed E-state index contributed by atoms with van der Waals surface area (Å²) < 4.78 is 0. The van der Waals surface area contributed by atoms with E-state index < -0.39 is 0 Å². The maximum atomic E-state index is 10.3. The molecule has 0 unspecified atom stereocenters. The standard InChI is InChI=1S/C29H51N/c1-3-5-6-7-9-21-29(23-30)22-10-8-12-28(29)27-19-17-26(18-20-27)25-15-13-24(11-4-2)14-16-25/h24-28H,3-22H2,1-2H3/t24?,25?,26?,27?,28-,29-/m0/s1. The smallest absolute Gasteiger partial charge is 0.0692 e.